The number of piperidine rings is 1. The third-order valence-corrected chi connectivity index (χ3v) is 4.49. The van der Waals surface area contributed by atoms with E-state index in [0.29, 0.717) is 29.6 Å². The molecule has 0 N–H and O–H groups in total. The van der Waals surface area contributed by atoms with E-state index in [-0.39, 0.29) is 0 Å². The lowest BCUT2D eigenvalue weighted by atomic mass is 9.91. The van der Waals surface area contributed by atoms with Crippen molar-refractivity contribution in [3.05, 3.63) is 41.1 Å². The average molecular weight is 318 g/mol. The lowest BCUT2D eigenvalue weighted by Gasteiger charge is -2.37. The van der Waals surface area contributed by atoms with Crippen LogP contribution in [0, 0.1) is 11.8 Å². The second kappa shape index (κ2) is 6.17. The number of benzene rings is 1. The quantitative estimate of drug-likeness (QED) is 0.755. The van der Waals surface area contributed by atoms with Crippen LogP contribution in [0.1, 0.15) is 30.8 Å². The standard InChI is InChI=1S/C18H20ClNO2/c1-12-7-13(2)10-20(9-12)17-5-3-14(8-16(17)19)18-6-4-15(11-21)22-18/h3-6,8,11-13H,7,9-10H2,1-2H3. The molecule has 0 spiro atoms. The molecule has 4 heteroatoms. The summed E-state index contributed by atoms with van der Waals surface area (Å²) >= 11 is 6.50. The minimum absolute atomic E-state index is 0.328. The first kappa shape index (κ1) is 15.2. The maximum atomic E-state index is 10.7. The van der Waals surface area contributed by atoms with Crippen molar-refractivity contribution in [3.63, 3.8) is 0 Å². The predicted molar refractivity (Wildman–Crippen MR) is 89.7 cm³/mol. The molecule has 2 heterocycles. The van der Waals surface area contributed by atoms with Crippen LogP contribution in [0.2, 0.25) is 5.02 Å². The van der Waals surface area contributed by atoms with Crippen molar-refractivity contribution >= 4 is 23.6 Å². The Kier molecular flexibility index (Phi) is 4.25. The molecule has 0 aliphatic carbocycles. The van der Waals surface area contributed by atoms with Gasteiger partial charge >= 0.3 is 0 Å². The SMILES string of the molecule is CC1CC(C)CN(c2ccc(-c3ccc(C=O)o3)cc2Cl)C1. The molecule has 1 aliphatic rings. The van der Waals surface area contributed by atoms with Crippen molar-refractivity contribution in [1.82, 2.24) is 0 Å². The smallest absolute Gasteiger partial charge is 0.185 e. The Balaban J connectivity index is 1.87. The highest BCUT2D eigenvalue weighted by Crippen LogP contribution is 2.34. The molecular weight excluding hydrogens is 298 g/mol. The number of furan rings is 1. The molecule has 1 saturated heterocycles. The Morgan fingerprint density at radius 1 is 1.18 bits per heavy atom. The Hall–Kier alpha value is -1.74. The summed E-state index contributed by atoms with van der Waals surface area (Å²) in [4.78, 5) is 13.1. The summed E-state index contributed by atoms with van der Waals surface area (Å²) in [6.07, 6.45) is 1.98. The Morgan fingerprint density at radius 2 is 1.91 bits per heavy atom. The zero-order chi connectivity index (χ0) is 15.7. The number of halogens is 1. The molecular formula is C18H20ClNO2. The van der Waals surface area contributed by atoms with Gasteiger partial charge in [-0.3, -0.25) is 4.79 Å². The van der Waals surface area contributed by atoms with Gasteiger partial charge in [-0.05, 0) is 48.6 Å². The molecule has 1 fully saturated rings. The molecule has 2 atom stereocenters. The number of hydrogen-bond donors (Lipinski definition) is 0. The van der Waals surface area contributed by atoms with Gasteiger partial charge in [-0.15, -0.1) is 0 Å². The van der Waals surface area contributed by atoms with E-state index in [9.17, 15) is 4.79 Å². The normalized spacial score (nSPS) is 21.9. The minimum Gasteiger partial charge on any atom is -0.453 e. The monoisotopic (exact) mass is 317 g/mol. The van der Waals surface area contributed by atoms with Gasteiger partial charge < -0.3 is 9.32 Å². The van der Waals surface area contributed by atoms with E-state index in [1.54, 1.807) is 12.1 Å². The number of carbonyl (C=O) groups is 1. The molecule has 1 aromatic heterocycles. The largest absolute Gasteiger partial charge is 0.453 e. The molecule has 22 heavy (non-hydrogen) atoms. The van der Waals surface area contributed by atoms with Gasteiger partial charge in [-0.1, -0.05) is 25.4 Å². The number of carbonyl (C=O) groups excluding carboxylic acids is 1. The van der Waals surface area contributed by atoms with E-state index in [1.165, 1.54) is 6.42 Å². The molecule has 3 nitrogen and oxygen atoms in total. The summed E-state index contributed by atoms with van der Waals surface area (Å²) in [6, 6.07) is 9.41. The first-order valence-electron chi connectivity index (χ1n) is 7.66. The first-order valence-corrected chi connectivity index (χ1v) is 8.04. The lowest BCUT2D eigenvalue weighted by Crippen LogP contribution is -2.38. The van der Waals surface area contributed by atoms with Gasteiger partial charge in [0.15, 0.2) is 12.0 Å². The van der Waals surface area contributed by atoms with Crippen LogP contribution < -0.4 is 4.90 Å². The second-order valence-electron chi connectivity index (χ2n) is 6.34. The Morgan fingerprint density at radius 3 is 2.50 bits per heavy atom. The Labute approximate surface area is 135 Å². The molecule has 3 rings (SSSR count). The molecule has 1 aliphatic heterocycles. The van der Waals surface area contributed by atoms with Crippen LogP contribution >= 0.6 is 11.6 Å². The van der Waals surface area contributed by atoms with Gasteiger partial charge in [0.05, 0.1) is 10.7 Å². The molecule has 0 radical (unpaired) electrons. The van der Waals surface area contributed by atoms with Gasteiger partial charge in [-0.25, -0.2) is 0 Å². The van der Waals surface area contributed by atoms with Crippen LogP contribution in [-0.4, -0.2) is 19.4 Å². The first-order chi connectivity index (χ1) is 10.6. The number of anilines is 1. The molecule has 0 bridgehead atoms. The van der Waals surface area contributed by atoms with E-state index in [1.807, 2.05) is 18.2 Å². The van der Waals surface area contributed by atoms with Crippen LogP contribution in [0.25, 0.3) is 11.3 Å². The number of hydrogen-bond acceptors (Lipinski definition) is 3. The van der Waals surface area contributed by atoms with E-state index in [0.717, 1.165) is 29.4 Å². The van der Waals surface area contributed by atoms with Crippen molar-refractivity contribution < 1.29 is 9.21 Å². The molecule has 0 amide bonds. The summed E-state index contributed by atoms with van der Waals surface area (Å²) in [7, 11) is 0. The topological polar surface area (TPSA) is 33.5 Å². The zero-order valence-electron chi connectivity index (χ0n) is 12.9. The van der Waals surface area contributed by atoms with E-state index < -0.39 is 0 Å². The molecule has 116 valence electrons. The Bertz CT molecular complexity index is 669. The average Bonchev–Trinajstić information content (AvgIpc) is 2.95. The highest BCUT2D eigenvalue weighted by Gasteiger charge is 2.23. The predicted octanol–water partition coefficient (Wildman–Crippen LogP) is 4.89. The van der Waals surface area contributed by atoms with Crippen molar-refractivity contribution in [1.29, 1.82) is 0 Å². The van der Waals surface area contributed by atoms with Crippen molar-refractivity contribution in [2.75, 3.05) is 18.0 Å². The maximum absolute atomic E-state index is 10.7. The van der Waals surface area contributed by atoms with E-state index in [2.05, 4.69) is 18.7 Å². The van der Waals surface area contributed by atoms with Gasteiger partial charge in [0.2, 0.25) is 0 Å². The van der Waals surface area contributed by atoms with Gasteiger partial charge in [0, 0.05) is 18.7 Å². The van der Waals surface area contributed by atoms with Crippen molar-refractivity contribution in [2.24, 2.45) is 11.8 Å². The third-order valence-electron chi connectivity index (χ3n) is 4.18. The summed E-state index contributed by atoms with van der Waals surface area (Å²) < 4.78 is 5.45. The van der Waals surface area contributed by atoms with Gasteiger partial charge in [-0.2, -0.15) is 0 Å². The fourth-order valence-electron chi connectivity index (χ4n) is 3.35. The van der Waals surface area contributed by atoms with Crippen molar-refractivity contribution in [3.8, 4) is 11.3 Å². The summed E-state index contributed by atoms with van der Waals surface area (Å²) in [5, 5.41) is 0.725. The summed E-state index contributed by atoms with van der Waals surface area (Å²) in [5.74, 6) is 2.35. The molecule has 2 aromatic rings. The fraction of sp³-hybridized carbons (Fsp3) is 0.389. The lowest BCUT2D eigenvalue weighted by molar-refractivity contribution is 0.110. The highest BCUT2D eigenvalue weighted by atomic mass is 35.5. The molecule has 1 aromatic carbocycles. The number of rotatable bonds is 3. The van der Waals surface area contributed by atoms with Crippen LogP contribution in [0.3, 0.4) is 0 Å². The van der Waals surface area contributed by atoms with Crippen LogP contribution in [0.4, 0.5) is 5.69 Å². The molecule has 0 saturated carbocycles. The number of aldehydes is 1. The minimum atomic E-state index is 0.328. The summed E-state index contributed by atoms with van der Waals surface area (Å²) in [5.41, 5.74) is 1.96. The summed E-state index contributed by atoms with van der Waals surface area (Å²) in [6.45, 7) is 6.66. The van der Waals surface area contributed by atoms with E-state index in [4.69, 9.17) is 16.0 Å². The van der Waals surface area contributed by atoms with Crippen LogP contribution in [0.15, 0.2) is 34.7 Å². The zero-order valence-corrected chi connectivity index (χ0v) is 13.6. The van der Waals surface area contributed by atoms with E-state index >= 15 is 0 Å². The van der Waals surface area contributed by atoms with Crippen molar-refractivity contribution in [2.45, 2.75) is 20.3 Å². The fourth-order valence-corrected chi connectivity index (χ4v) is 3.65. The van der Waals surface area contributed by atoms with Gasteiger partial charge in [0.25, 0.3) is 0 Å². The second-order valence-corrected chi connectivity index (χ2v) is 6.74. The van der Waals surface area contributed by atoms with Crippen LogP contribution in [-0.2, 0) is 0 Å². The number of nitrogens with zero attached hydrogens (tertiary/aromatic N) is 1. The highest BCUT2D eigenvalue weighted by molar-refractivity contribution is 6.33. The van der Waals surface area contributed by atoms with Gasteiger partial charge in [0.1, 0.15) is 5.76 Å². The molecule has 2 unspecified atom stereocenters. The maximum Gasteiger partial charge on any atom is 0.185 e. The third kappa shape index (κ3) is 3.05. The van der Waals surface area contributed by atoms with Crippen LogP contribution in [0.5, 0.6) is 0 Å².